The maximum atomic E-state index is 9.26. The number of aromatic nitrogens is 2. The van der Waals surface area contributed by atoms with Gasteiger partial charge in [0.25, 0.3) is 0 Å². The molecule has 5 heteroatoms. The van der Waals surface area contributed by atoms with Crippen LogP contribution in [0.3, 0.4) is 0 Å². The van der Waals surface area contributed by atoms with Gasteiger partial charge in [0.15, 0.2) is 5.16 Å². The van der Waals surface area contributed by atoms with Crippen LogP contribution in [0.25, 0.3) is 0 Å². The smallest absolute Gasteiger partial charge is 0.168 e. The Kier molecular flexibility index (Phi) is 5.01. The average molecular weight is 273 g/mol. The number of imidazole rings is 1. The standard InChI is InChI=1S/C14H15N3OS/c15-7-4-8-17-13(10-18)9-16-14(17)19-11-12-5-2-1-3-6-12/h1-3,5-6,9,18H,4,8,10-11H2. The highest BCUT2D eigenvalue weighted by Crippen LogP contribution is 2.23. The lowest BCUT2D eigenvalue weighted by molar-refractivity contribution is 0.269. The lowest BCUT2D eigenvalue weighted by Gasteiger charge is -2.08. The fourth-order valence-corrected chi connectivity index (χ4v) is 2.74. The Balaban J connectivity index is 2.07. The van der Waals surface area contributed by atoms with Gasteiger partial charge in [0.1, 0.15) is 0 Å². The van der Waals surface area contributed by atoms with E-state index in [1.165, 1.54) is 5.56 Å². The number of nitriles is 1. The van der Waals surface area contributed by atoms with Gasteiger partial charge in [0.2, 0.25) is 0 Å². The van der Waals surface area contributed by atoms with Crippen LogP contribution >= 0.6 is 11.8 Å². The molecule has 0 aliphatic carbocycles. The van der Waals surface area contributed by atoms with Crippen molar-refractivity contribution in [2.24, 2.45) is 0 Å². The first-order valence-electron chi connectivity index (χ1n) is 6.04. The van der Waals surface area contributed by atoms with Crippen LogP contribution in [0.15, 0.2) is 41.7 Å². The summed E-state index contributed by atoms with van der Waals surface area (Å²) in [5.41, 5.74) is 1.98. The minimum absolute atomic E-state index is 0.0513. The van der Waals surface area contributed by atoms with Crippen molar-refractivity contribution in [3.63, 3.8) is 0 Å². The summed E-state index contributed by atoms with van der Waals surface area (Å²) in [6, 6.07) is 12.3. The first-order valence-corrected chi connectivity index (χ1v) is 7.02. The molecule has 0 saturated carbocycles. The second kappa shape index (κ2) is 6.98. The molecule has 0 radical (unpaired) electrons. The first-order chi connectivity index (χ1) is 9.35. The van der Waals surface area contributed by atoms with Gasteiger partial charge < -0.3 is 9.67 Å². The van der Waals surface area contributed by atoms with Crippen LogP contribution in [-0.4, -0.2) is 14.7 Å². The van der Waals surface area contributed by atoms with Gasteiger partial charge in [-0.3, -0.25) is 0 Å². The van der Waals surface area contributed by atoms with Crippen LogP contribution in [0.4, 0.5) is 0 Å². The molecule has 1 heterocycles. The summed E-state index contributed by atoms with van der Waals surface area (Å²) in [4.78, 5) is 4.31. The van der Waals surface area contributed by atoms with Gasteiger partial charge in [-0.05, 0) is 5.56 Å². The summed E-state index contributed by atoms with van der Waals surface area (Å²) >= 11 is 1.62. The highest BCUT2D eigenvalue weighted by atomic mass is 32.2. The van der Waals surface area contributed by atoms with Gasteiger partial charge in [-0.2, -0.15) is 5.26 Å². The van der Waals surface area contributed by atoms with Crippen LogP contribution in [0.5, 0.6) is 0 Å². The Hall–Kier alpha value is -1.77. The van der Waals surface area contributed by atoms with Crippen molar-refractivity contribution in [2.75, 3.05) is 0 Å². The number of nitrogens with zero attached hydrogens (tertiary/aromatic N) is 3. The predicted octanol–water partition coefficient (Wildman–Crippen LogP) is 2.58. The number of aliphatic hydroxyl groups is 1. The molecule has 0 aliphatic heterocycles. The van der Waals surface area contributed by atoms with Crippen molar-refractivity contribution < 1.29 is 5.11 Å². The number of benzene rings is 1. The zero-order valence-corrected chi connectivity index (χ0v) is 11.3. The molecular formula is C14H15N3OS. The summed E-state index contributed by atoms with van der Waals surface area (Å²) in [5, 5.41) is 18.8. The van der Waals surface area contributed by atoms with Gasteiger partial charge in [-0.25, -0.2) is 4.98 Å². The third-order valence-corrected chi connectivity index (χ3v) is 3.78. The van der Waals surface area contributed by atoms with E-state index in [2.05, 4.69) is 23.2 Å². The Morgan fingerprint density at radius 1 is 1.32 bits per heavy atom. The minimum Gasteiger partial charge on any atom is -0.390 e. The van der Waals surface area contributed by atoms with E-state index in [1.807, 2.05) is 22.8 Å². The summed E-state index contributed by atoms with van der Waals surface area (Å²) < 4.78 is 1.91. The van der Waals surface area contributed by atoms with Crippen LogP contribution in [0.2, 0.25) is 0 Å². The Morgan fingerprint density at radius 2 is 2.11 bits per heavy atom. The number of thioether (sulfide) groups is 1. The Morgan fingerprint density at radius 3 is 2.79 bits per heavy atom. The molecular weight excluding hydrogens is 258 g/mol. The number of rotatable bonds is 6. The zero-order valence-electron chi connectivity index (χ0n) is 10.5. The molecule has 19 heavy (non-hydrogen) atoms. The monoisotopic (exact) mass is 273 g/mol. The highest BCUT2D eigenvalue weighted by Gasteiger charge is 2.09. The van der Waals surface area contributed by atoms with Crippen molar-refractivity contribution in [1.29, 1.82) is 5.26 Å². The highest BCUT2D eigenvalue weighted by molar-refractivity contribution is 7.98. The van der Waals surface area contributed by atoms with Crippen molar-refractivity contribution in [3.8, 4) is 6.07 Å². The molecule has 1 aromatic heterocycles. The molecule has 0 atom stereocenters. The number of hydrogen-bond donors (Lipinski definition) is 1. The average Bonchev–Trinajstić information content (AvgIpc) is 2.86. The van der Waals surface area contributed by atoms with Crippen LogP contribution in [0, 0.1) is 11.3 Å². The molecule has 0 unspecified atom stereocenters. The maximum absolute atomic E-state index is 9.26. The van der Waals surface area contributed by atoms with E-state index in [-0.39, 0.29) is 6.61 Å². The molecule has 2 rings (SSSR count). The second-order valence-corrected chi connectivity index (χ2v) is 4.97. The lowest BCUT2D eigenvalue weighted by atomic mass is 10.2. The normalized spacial score (nSPS) is 10.3. The number of aliphatic hydroxyl groups excluding tert-OH is 1. The molecule has 0 fully saturated rings. The summed E-state index contributed by atoms with van der Waals surface area (Å²) in [7, 11) is 0. The third-order valence-electron chi connectivity index (χ3n) is 2.72. The van der Waals surface area contributed by atoms with E-state index < -0.39 is 0 Å². The molecule has 1 N–H and O–H groups in total. The van der Waals surface area contributed by atoms with Crippen molar-refractivity contribution in [3.05, 3.63) is 47.8 Å². The molecule has 4 nitrogen and oxygen atoms in total. The molecule has 0 saturated heterocycles. The van der Waals surface area contributed by atoms with Crippen molar-refractivity contribution >= 4 is 11.8 Å². The zero-order chi connectivity index (χ0) is 13.5. The predicted molar refractivity (Wildman–Crippen MR) is 74.4 cm³/mol. The van der Waals surface area contributed by atoms with E-state index >= 15 is 0 Å². The summed E-state index contributed by atoms with van der Waals surface area (Å²) in [5.74, 6) is 0.829. The Labute approximate surface area is 116 Å². The van der Waals surface area contributed by atoms with Crippen molar-refractivity contribution in [2.45, 2.75) is 30.5 Å². The fraction of sp³-hybridized carbons (Fsp3) is 0.286. The largest absolute Gasteiger partial charge is 0.390 e. The molecule has 0 bridgehead atoms. The van der Waals surface area contributed by atoms with Crippen LogP contribution in [-0.2, 0) is 18.9 Å². The molecule has 0 amide bonds. The van der Waals surface area contributed by atoms with Gasteiger partial charge >= 0.3 is 0 Å². The van der Waals surface area contributed by atoms with E-state index in [0.717, 1.165) is 16.6 Å². The third kappa shape index (κ3) is 3.60. The van der Waals surface area contributed by atoms with E-state index in [9.17, 15) is 5.11 Å². The first kappa shape index (κ1) is 13.7. The quantitative estimate of drug-likeness (QED) is 0.822. The van der Waals surface area contributed by atoms with Gasteiger partial charge in [0, 0.05) is 12.3 Å². The number of hydrogen-bond acceptors (Lipinski definition) is 4. The van der Waals surface area contributed by atoms with E-state index in [1.54, 1.807) is 18.0 Å². The fourth-order valence-electron chi connectivity index (χ4n) is 1.76. The van der Waals surface area contributed by atoms with E-state index in [0.29, 0.717) is 13.0 Å². The van der Waals surface area contributed by atoms with Gasteiger partial charge in [0.05, 0.1) is 31.0 Å². The minimum atomic E-state index is -0.0513. The SMILES string of the molecule is N#CCCn1c(CO)cnc1SCc1ccccc1. The molecule has 0 aliphatic rings. The second-order valence-electron chi connectivity index (χ2n) is 4.02. The van der Waals surface area contributed by atoms with Crippen molar-refractivity contribution in [1.82, 2.24) is 9.55 Å². The topological polar surface area (TPSA) is 61.8 Å². The van der Waals surface area contributed by atoms with Crippen LogP contribution < -0.4 is 0 Å². The lowest BCUT2D eigenvalue weighted by Crippen LogP contribution is -2.04. The molecule has 0 spiro atoms. The molecule has 1 aromatic carbocycles. The summed E-state index contributed by atoms with van der Waals surface area (Å²) in [6.45, 7) is 0.522. The molecule has 98 valence electrons. The molecule has 2 aromatic rings. The van der Waals surface area contributed by atoms with Gasteiger partial charge in [-0.15, -0.1) is 0 Å². The van der Waals surface area contributed by atoms with Gasteiger partial charge in [-0.1, -0.05) is 42.1 Å². The Bertz CT molecular complexity index is 560. The van der Waals surface area contributed by atoms with Crippen LogP contribution in [0.1, 0.15) is 17.7 Å². The maximum Gasteiger partial charge on any atom is 0.168 e. The van der Waals surface area contributed by atoms with E-state index in [4.69, 9.17) is 5.26 Å². The summed E-state index contributed by atoms with van der Waals surface area (Å²) in [6.07, 6.45) is 2.09.